The van der Waals surface area contributed by atoms with Gasteiger partial charge >= 0.3 is 0 Å². The van der Waals surface area contributed by atoms with Crippen LogP contribution in [0.15, 0.2) is 24.3 Å². The Morgan fingerprint density at radius 2 is 2.27 bits per heavy atom. The summed E-state index contributed by atoms with van der Waals surface area (Å²) in [6, 6.07) is 7.61. The molecule has 0 aliphatic rings. The molecule has 0 aliphatic heterocycles. The fourth-order valence-electron chi connectivity index (χ4n) is 1.14. The van der Waals surface area contributed by atoms with Crippen molar-refractivity contribution in [3.05, 3.63) is 29.8 Å². The Morgan fingerprint density at radius 1 is 1.47 bits per heavy atom. The largest absolute Gasteiger partial charge is 0.497 e. The Labute approximate surface area is 89.6 Å². The number of ether oxygens (including phenoxy) is 2. The van der Waals surface area contributed by atoms with Gasteiger partial charge in [-0.3, -0.25) is 0 Å². The Hall–Kier alpha value is -1.10. The van der Waals surface area contributed by atoms with E-state index in [4.69, 9.17) is 20.3 Å². The van der Waals surface area contributed by atoms with E-state index >= 15 is 0 Å². The molecule has 0 amide bonds. The molecule has 0 aromatic heterocycles. The number of rotatable bonds is 6. The average Bonchev–Trinajstić information content (AvgIpc) is 2.29. The molecule has 1 unspecified atom stereocenters. The predicted octanol–water partition coefficient (Wildman–Crippen LogP) is 0.531. The van der Waals surface area contributed by atoms with Crippen molar-refractivity contribution in [3.8, 4) is 5.75 Å². The van der Waals surface area contributed by atoms with Gasteiger partial charge < -0.3 is 20.3 Å². The van der Waals surface area contributed by atoms with Crippen LogP contribution in [0, 0.1) is 0 Å². The van der Waals surface area contributed by atoms with E-state index in [2.05, 4.69) is 0 Å². The number of hydrogen-bond acceptors (Lipinski definition) is 4. The number of hydrogen-bond donors (Lipinski definition) is 2. The summed E-state index contributed by atoms with van der Waals surface area (Å²) >= 11 is 0. The van der Waals surface area contributed by atoms with Crippen LogP contribution in [0.5, 0.6) is 5.75 Å². The molecule has 1 aromatic rings. The lowest BCUT2D eigenvalue weighted by Gasteiger charge is -2.09. The van der Waals surface area contributed by atoms with Crippen molar-refractivity contribution in [2.24, 2.45) is 5.73 Å². The van der Waals surface area contributed by atoms with Gasteiger partial charge in [0.25, 0.3) is 0 Å². The number of aliphatic hydroxyl groups is 1. The summed E-state index contributed by atoms with van der Waals surface area (Å²) < 4.78 is 10.4. The fraction of sp³-hybridized carbons (Fsp3) is 0.455. The maximum atomic E-state index is 9.16. The zero-order chi connectivity index (χ0) is 11.1. The Bertz CT molecular complexity index is 291. The molecular weight excluding hydrogens is 194 g/mol. The standard InChI is InChI=1S/C11H17NO3/c1-14-11-4-2-3-9(5-11)7-15-8-10(13)6-12/h2-5,10,13H,6-8,12H2,1H3. The molecule has 0 heterocycles. The third-order valence-corrected chi connectivity index (χ3v) is 1.99. The molecule has 0 aliphatic carbocycles. The second-order valence-corrected chi connectivity index (χ2v) is 3.26. The van der Waals surface area contributed by atoms with E-state index in [-0.39, 0.29) is 13.2 Å². The zero-order valence-corrected chi connectivity index (χ0v) is 8.85. The van der Waals surface area contributed by atoms with Crippen LogP contribution < -0.4 is 10.5 Å². The van der Waals surface area contributed by atoms with Crippen molar-refractivity contribution < 1.29 is 14.6 Å². The lowest BCUT2D eigenvalue weighted by Crippen LogP contribution is -2.24. The van der Waals surface area contributed by atoms with Crippen LogP contribution in [0.2, 0.25) is 0 Å². The van der Waals surface area contributed by atoms with Crippen LogP contribution in [-0.2, 0) is 11.3 Å². The van der Waals surface area contributed by atoms with Gasteiger partial charge in [-0.25, -0.2) is 0 Å². The molecule has 0 fully saturated rings. The summed E-state index contributed by atoms with van der Waals surface area (Å²) in [5, 5.41) is 9.16. The summed E-state index contributed by atoms with van der Waals surface area (Å²) in [7, 11) is 1.62. The number of benzene rings is 1. The van der Waals surface area contributed by atoms with E-state index in [1.165, 1.54) is 0 Å². The average molecular weight is 211 g/mol. The van der Waals surface area contributed by atoms with Gasteiger partial charge in [0.05, 0.1) is 26.4 Å². The highest BCUT2D eigenvalue weighted by Crippen LogP contribution is 2.13. The molecule has 0 radical (unpaired) electrons. The van der Waals surface area contributed by atoms with Gasteiger partial charge in [0, 0.05) is 6.54 Å². The van der Waals surface area contributed by atoms with Gasteiger partial charge in [-0.2, -0.15) is 0 Å². The highest BCUT2D eigenvalue weighted by atomic mass is 16.5. The smallest absolute Gasteiger partial charge is 0.119 e. The molecule has 84 valence electrons. The molecule has 15 heavy (non-hydrogen) atoms. The van der Waals surface area contributed by atoms with Crippen LogP contribution in [0.25, 0.3) is 0 Å². The van der Waals surface area contributed by atoms with Crippen molar-refractivity contribution in [2.75, 3.05) is 20.3 Å². The summed E-state index contributed by atoms with van der Waals surface area (Å²) in [5.41, 5.74) is 6.26. The van der Waals surface area contributed by atoms with Crippen LogP contribution in [-0.4, -0.2) is 31.5 Å². The Balaban J connectivity index is 2.37. The van der Waals surface area contributed by atoms with Gasteiger partial charge in [-0.15, -0.1) is 0 Å². The van der Waals surface area contributed by atoms with Gasteiger partial charge in [0.15, 0.2) is 0 Å². The van der Waals surface area contributed by atoms with Crippen molar-refractivity contribution in [1.82, 2.24) is 0 Å². The molecule has 1 atom stereocenters. The quantitative estimate of drug-likeness (QED) is 0.720. The second kappa shape index (κ2) is 6.40. The Kier molecular flexibility index (Phi) is 5.10. The van der Waals surface area contributed by atoms with E-state index in [1.807, 2.05) is 24.3 Å². The van der Waals surface area contributed by atoms with Crippen LogP contribution in [0.1, 0.15) is 5.56 Å². The van der Waals surface area contributed by atoms with Gasteiger partial charge in [-0.05, 0) is 17.7 Å². The first-order valence-electron chi connectivity index (χ1n) is 4.85. The van der Waals surface area contributed by atoms with E-state index in [9.17, 15) is 0 Å². The first kappa shape index (κ1) is 12.0. The molecule has 0 spiro atoms. The summed E-state index contributed by atoms with van der Waals surface area (Å²) in [6.45, 7) is 0.931. The topological polar surface area (TPSA) is 64.7 Å². The lowest BCUT2D eigenvalue weighted by atomic mass is 10.2. The van der Waals surface area contributed by atoms with Crippen molar-refractivity contribution in [3.63, 3.8) is 0 Å². The van der Waals surface area contributed by atoms with Crippen LogP contribution in [0.4, 0.5) is 0 Å². The van der Waals surface area contributed by atoms with Gasteiger partial charge in [0.2, 0.25) is 0 Å². The molecule has 1 rings (SSSR count). The lowest BCUT2D eigenvalue weighted by molar-refractivity contribution is 0.0328. The zero-order valence-electron chi connectivity index (χ0n) is 8.85. The molecule has 4 heteroatoms. The monoisotopic (exact) mass is 211 g/mol. The summed E-state index contributed by atoms with van der Waals surface area (Å²) in [5.74, 6) is 0.801. The summed E-state index contributed by atoms with van der Waals surface area (Å²) in [4.78, 5) is 0. The van der Waals surface area contributed by atoms with E-state index in [0.29, 0.717) is 6.61 Å². The van der Waals surface area contributed by atoms with Gasteiger partial charge in [-0.1, -0.05) is 12.1 Å². The third kappa shape index (κ3) is 4.29. The second-order valence-electron chi connectivity index (χ2n) is 3.26. The number of aliphatic hydroxyl groups excluding tert-OH is 1. The molecule has 0 saturated carbocycles. The summed E-state index contributed by atoms with van der Waals surface area (Å²) in [6.07, 6.45) is -0.587. The van der Waals surface area contributed by atoms with Crippen LogP contribution >= 0.6 is 0 Å². The molecule has 0 bridgehead atoms. The SMILES string of the molecule is COc1cccc(COCC(O)CN)c1. The maximum Gasteiger partial charge on any atom is 0.119 e. The molecule has 0 saturated heterocycles. The normalized spacial score (nSPS) is 12.5. The Morgan fingerprint density at radius 3 is 2.93 bits per heavy atom. The van der Waals surface area contributed by atoms with Crippen molar-refractivity contribution in [2.45, 2.75) is 12.7 Å². The van der Waals surface area contributed by atoms with E-state index in [1.54, 1.807) is 7.11 Å². The minimum Gasteiger partial charge on any atom is -0.497 e. The van der Waals surface area contributed by atoms with Gasteiger partial charge in [0.1, 0.15) is 5.75 Å². The first-order valence-corrected chi connectivity index (χ1v) is 4.85. The van der Waals surface area contributed by atoms with E-state index < -0.39 is 6.10 Å². The first-order chi connectivity index (χ1) is 7.26. The predicted molar refractivity (Wildman–Crippen MR) is 57.7 cm³/mol. The fourth-order valence-corrected chi connectivity index (χ4v) is 1.14. The number of methoxy groups -OCH3 is 1. The van der Waals surface area contributed by atoms with Crippen LogP contribution in [0.3, 0.4) is 0 Å². The highest BCUT2D eigenvalue weighted by Gasteiger charge is 2.01. The number of nitrogens with two attached hydrogens (primary N) is 1. The van der Waals surface area contributed by atoms with Crippen molar-refractivity contribution in [1.29, 1.82) is 0 Å². The minimum absolute atomic E-state index is 0.220. The van der Waals surface area contributed by atoms with E-state index in [0.717, 1.165) is 11.3 Å². The third-order valence-electron chi connectivity index (χ3n) is 1.99. The minimum atomic E-state index is -0.587. The highest BCUT2D eigenvalue weighted by molar-refractivity contribution is 5.27. The molecule has 1 aromatic carbocycles. The molecule has 3 N–H and O–H groups in total. The maximum absolute atomic E-state index is 9.16. The molecular formula is C11H17NO3. The van der Waals surface area contributed by atoms with Crippen molar-refractivity contribution >= 4 is 0 Å². The molecule has 4 nitrogen and oxygen atoms in total.